The largest absolute Gasteiger partial charge is 0.361 e. The van der Waals surface area contributed by atoms with E-state index in [9.17, 15) is 0 Å². The molecule has 0 radical (unpaired) electrons. The first-order chi connectivity index (χ1) is 8.63. The summed E-state index contributed by atoms with van der Waals surface area (Å²) in [5, 5.41) is 1.29. The molecular weight excluding hydrogens is 220 g/mol. The number of H-pyrrole nitrogens is 1. The summed E-state index contributed by atoms with van der Waals surface area (Å²) in [6.45, 7) is 6.20. The minimum Gasteiger partial charge on any atom is -0.361 e. The van der Waals surface area contributed by atoms with Gasteiger partial charge in [-0.05, 0) is 55.7 Å². The third-order valence-electron chi connectivity index (χ3n) is 3.30. The van der Waals surface area contributed by atoms with Gasteiger partial charge in [0.2, 0.25) is 0 Å². The first-order valence-electron chi connectivity index (χ1n) is 6.17. The molecule has 18 heavy (non-hydrogen) atoms. The lowest BCUT2D eigenvalue weighted by atomic mass is 10.0. The molecule has 0 amide bonds. The van der Waals surface area contributed by atoms with Crippen LogP contribution in [0.5, 0.6) is 0 Å². The van der Waals surface area contributed by atoms with Gasteiger partial charge in [-0.2, -0.15) is 0 Å². The van der Waals surface area contributed by atoms with Crippen molar-refractivity contribution in [3.63, 3.8) is 0 Å². The minimum atomic E-state index is 1.06. The lowest BCUT2D eigenvalue weighted by molar-refractivity contribution is 1.12. The number of fused-ring (bicyclic) bond motifs is 1. The Morgan fingerprint density at radius 1 is 0.889 bits per heavy atom. The van der Waals surface area contributed by atoms with E-state index in [0.717, 1.165) is 11.4 Å². The quantitative estimate of drug-likeness (QED) is 0.675. The van der Waals surface area contributed by atoms with Gasteiger partial charge in [0.15, 0.2) is 0 Å². The van der Waals surface area contributed by atoms with Crippen molar-refractivity contribution < 1.29 is 0 Å². The molecule has 0 spiro atoms. The molecular formula is C16H16N2. The number of benzene rings is 1. The highest BCUT2D eigenvalue weighted by molar-refractivity contribution is 5.87. The van der Waals surface area contributed by atoms with Gasteiger partial charge < -0.3 is 4.98 Å². The molecule has 90 valence electrons. The van der Waals surface area contributed by atoms with Crippen molar-refractivity contribution in [2.45, 2.75) is 20.8 Å². The zero-order valence-corrected chi connectivity index (χ0v) is 10.9. The number of pyridine rings is 1. The molecule has 2 heterocycles. The van der Waals surface area contributed by atoms with E-state index in [1.54, 1.807) is 0 Å². The Morgan fingerprint density at radius 2 is 1.61 bits per heavy atom. The van der Waals surface area contributed by atoms with Crippen LogP contribution in [-0.4, -0.2) is 9.97 Å². The highest BCUT2D eigenvalue weighted by Gasteiger charge is 2.04. The Morgan fingerprint density at radius 3 is 2.33 bits per heavy atom. The maximum absolute atomic E-state index is 4.42. The fourth-order valence-corrected chi connectivity index (χ4v) is 2.45. The summed E-state index contributed by atoms with van der Waals surface area (Å²) in [7, 11) is 0. The van der Waals surface area contributed by atoms with E-state index in [0.29, 0.717) is 0 Å². The van der Waals surface area contributed by atoms with Gasteiger partial charge in [-0.25, -0.2) is 0 Å². The molecule has 0 fully saturated rings. The predicted molar refractivity (Wildman–Crippen MR) is 75.7 cm³/mol. The normalized spacial score (nSPS) is 11.1. The van der Waals surface area contributed by atoms with Crippen LogP contribution in [0.4, 0.5) is 0 Å². The van der Waals surface area contributed by atoms with Crippen molar-refractivity contribution in [1.29, 1.82) is 0 Å². The molecule has 0 saturated carbocycles. The van der Waals surface area contributed by atoms with E-state index in [-0.39, 0.29) is 0 Å². The summed E-state index contributed by atoms with van der Waals surface area (Å²) in [6.07, 6.45) is 2.05. The van der Waals surface area contributed by atoms with Crippen molar-refractivity contribution in [1.82, 2.24) is 9.97 Å². The fraction of sp³-hybridized carbons (Fsp3) is 0.188. The minimum absolute atomic E-state index is 1.06. The molecule has 3 rings (SSSR count). The Balaban J connectivity index is 2.18. The zero-order chi connectivity index (χ0) is 12.7. The monoisotopic (exact) mass is 236 g/mol. The first kappa shape index (κ1) is 11.0. The molecule has 0 aliphatic carbocycles. The third kappa shape index (κ3) is 1.80. The van der Waals surface area contributed by atoms with E-state index < -0.39 is 0 Å². The maximum Gasteiger partial charge on any atom is 0.0462 e. The number of hydrogen-bond donors (Lipinski definition) is 1. The van der Waals surface area contributed by atoms with Crippen molar-refractivity contribution in [2.24, 2.45) is 0 Å². The van der Waals surface area contributed by atoms with Crippen LogP contribution in [-0.2, 0) is 0 Å². The van der Waals surface area contributed by atoms with Crippen LogP contribution in [0.2, 0.25) is 0 Å². The molecule has 3 aromatic rings. The molecule has 2 aromatic heterocycles. The van der Waals surface area contributed by atoms with Crippen molar-refractivity contribution in [3.8, 4) is 11.1 Å². The molecule has 0 atom stereocenters. The number of rotatable bonds is 1. The van der Waals surface area contributed by atoms with Crippen LogP contribution in [0.1, 0.15) is 17.0 Å². The summed E-state index contributed by atoms with van der Waals surface area (Å²) in [5.41, 5.74) is 7.07. The van der Waals surface area contributed by atoms with Crippen LogP contribution in [0.15, 0.2) is 36.5 Å². The lowest BCUT2D eigenvalue weighted by Crippen LogP contribution is -1.88. The van der Waals surface area contributed by atoms with E-state index in [1.807, 2.05) is 13.8 Å². The van der Waals surface area contributed by atoms with Gasteiger partial charge >= 0.3 is 0 Å². The first-order valence-corrected chi connectivity index (χ1v) is 6.17. The van der Waals surface area contributed by atoms with Crippen LogP contribution >= 0.6 is 0 Å². The summed E-state index contributed by atoms with van der Waals surface area (Å²) in [6, 6.07) is 10.8. The van der Waals surface area contributed by atoms with Gasteiger partial charge in [0.05, 0.1) is 0 Å². The zero-order valence-electron chi connectivity index (χ0n) is 10.9. The summed E-state index contributed by atoms with van der Waals surface area (Å²) < 4.78 is 0. The topological polar surface area (TPSA) is 28.7 Å². The molecule has 0 unspecified atom stereocenters. The average Bonchev–Trinajstić information content (AvgIpc) is 2.69. The molecule has 2 heteroatoms. The predicted octanol–water partition coefficient (Wildman–Crippen LogP) is 4.16. The Hall–Kier alpha value is -2.09. The average molecular weight is 236 g/mol. The van der Waals surface area contributed by atoms with Gasteiger partial charge in [0.1, 0.15) is 0 Å². The van der Waals surface area contributed by atoms with Crippen LogP contribution in [0.3, 0.4) is 0 Å². The van der Waals surface area contributed by atoms with E-state index in [2.05, 4.69) is 53.4 Å². The number of aryl methyl sites for hydroxylation is 3. The van der Waals surface area contributed by atoms with E-state index in [1.165, 1.54) is 27.6 Å². The van der Waals surface area contributed by atoms with Gasteiger partial charge in [0.25, 0.3) is 0 Å². The van der Waals surface area contributed by atoms with E-state index in [4.69, 9.17) is 0 Å². The van der Waals surface area contributed by atoms with E-state index >= 15 is 0 Å². The number of hydrogen-bond acceptors (Lipinski definition) is 1. The maximum atomic E-state index is 4.42. The number of aromatic nitrogens is 2. The Labute approximate surface area is 107 Å². The standard InChI is InChI=1S/C16H16N2/c1-10-9-17-16-8-13(4-5-15(10)16)14-6-11(2)18-12(3)7-14/h4-9,17H,1-3H3. The molecule has 1 aromatic carbocycles. The van der Waals surface area contributed by atoms with Gasteiger partial charge in [0, 0.05) is 28.5 Å². The third-order valence-corrected chi connectivity index (χ3v) is 3.30. The number of aromatic amines is 1. The van der Waals surface area contributed by atoms with Crippen molar-refractivity contribution in [2.75, 3.05) is 0 Å². The second kappa shape index (κ2) is 3.98. The molecule has 0 aliphatic rings. The molecule has 0 bridgehead atoms. The number of nitrogens with one attached hydrogen (secondary N) is 1. The van der Waals surface area contributed by atoms with Crippen molar-refractivity contribution >= 4 is 10.9 Å². The fourth-order valence-electron chi connectivity index (χ4n) is 2.45. The molecule has 1 N–H and O–H groups in total. The van der Waals surface area contributed by atoms with Gasteiger partial charge in [-0.15, -0.1) is 0 Å². The Bertz CT molecular complexity index is 703. The van der Waals surface area contributed by atoms with Gasteiger partial charge in [-0.1, -0.05) is 12.1 Å². The molecule has 0 saturated heterocycles. The van der Waals surface area contributed by atoms with Crippen LogP contribution in [0.25, 0.3) is 22.0 Å². The summed E-state index contributed by atoms with van der Waals surface area (Å²) in [5.74, 6) is 0. The molecule has 0 aliphatic heterocycles. The smallest absolute Gasteiger partial charge is 0.0462 e. The van der Waals surface area contributed by atoms with Crippen LogP contribution < -0.4 is 0 Å². The van der Waals surface area contributed by atoms with Crippen LogP contribution in [0, 0.1) is 20.8 Å². The Kier molecular flexibility index (Phi) is 2.44. The second-order valence-electron chi connectivity index (χ2n) is 4.87. The molecule has 2 nitrogen and oxygen atoms in total. The number of nitrogens with zero attached hydrogens (tertiary/aromatic N) is 1. The lowest BCUT2D eigenvalue weighted by Gasteiger charge is -2.05. The highest BCUT2D eigenvalue weighted by Crippen LogP contribution is 2.26. The summed E-state index contributed by atoms with van der Waals surface area (Å²) in [4.78, 5) is 7.73. The summed E-state index contributed by atoms with van der Waals surface area (Å²) >= 11 is 0. The van der Waals surface area contributed by atoms with Gasteiger partial charge in [-0.3, -0.25) is 4.98 Å². The highest BCUT2D eigenvalue weighted by atomic mass is 14.7. The SMILES string of the molecule is Cc1cc(-c2ccc3c(C)c[nH]c3c2)cc(C)n1. The second-order valence-corrected chi connectivity index (χ2v) is 4.87. The van der Waals surface area contributed by atoms with Crippen molar-refractivity contribution in [3.05, 3.63) is 53.5 Å².